The molecule has 1 fully saturated rings. The van der Waals surface area contributed by atoms with Crippen molar-refractivity contribution in [3.8, 4) is 11.4 Å². The van der Waals surface area contributed by atoms with Crippen LogP contribution < -0.4 is 4.90 Å². The first-order chi connectivity index (χ1) is 14.0. The summed E-state index contributed by atoms with van der Waals surface area (Å²) < 4.78 is 10.7. The fourth-order valence-corrected chi connectivity index (χ4v) is 3.35. The van der Waals surface area contributed by atoms with E-state index in [0.29, 0.717) is 35.1 Å². The molecular formula is C21H18ClN3O4. The normalized spacial score (nSPS) is 14.8. The van der Waals surface area contributed by atoms with Crippen LogP contribution >= 0.6 is 11.6 Å². The van der Waals surface area contributed by atoms with Gasteiger partial charge in [0.1, 0.15) is 0 Å². The quantitative estimate of drug-likeness (QED) is 0.577. The monoisotopic (exact) mass is 411 g/mol. The van der Waals surface area contributed by atoms with Crippen molar-refractivity contribution in [1.29, 1.82) is 0 Å². The van der Waals surface area contributed by atoms with Crippen LogP contribution in [-0.4, -0.2) is 28.6 Å². The second kappa shape index (κ2) is 8.05. The SMILES string of the molecule is C[C@H](OC(=O)c1ccc(Cl)c(N2CCCC2=O)c1)c1nc(-c2ccccc2)no1. The molecule has 1 amide bonds. The zero-order valence-corrected chi connectivity index (χ0v) is 16.4. The molecule has 2 heterocycles. The van der Waals surface area contributed by atoms with Crippen LogP contribution in [0.1, 0.15) is 42.1 Å². The summed E-state index contributed by atoms with van der Waals surface area (Å²) in [7, 11) is 0. The molecule has 1 atom stereocenters. The summed E-state index contributed by atoms with van der Waals surface area (Å²) in [5.74, 6) is 0.0394. The molecule has 7 nitrogen and oxygen atoms in total. The lowest BCUT2D eigenvalue weighted by atomic mass is 10.2. The van der Waals surface area contributed by atoms with Gasteiger partial charge in [0.05, 0.1) is 16.3 Å². The number of esters is 1. The van der Waals surface area contributed by atoms with Crippen LogP contribution in [0.2, 0.25) is 5.02 Å². The molecule has 0 radical (unpaired) electrons. The molecule has 148 valence electrons. The number of carbonyl (C=O) groups is 2. The van der Waals surface area contributed by atoms with Crippen molar-refractivity contribution in [1.82, 2.24) is 10.1 Å². The Hall–Kier alpha value is -3.19. The van der Waals surface area contributed by atoms with E-state index in [0.717, 1.165) is 12.0 Å². The van der Waals surface area contributed by atoms with Gasteiger partial charge in [0.25, 0.3) is 5.89 Å². The van der Waals surface area contributed by atoms with Crippen molar-refractivity contribution in [3.05, 3.63) is 65.0 Å². The van der Waals surface area contributed by atoms with E-state index in [9.17, 15) is 9.59 Å². The first-order valence-corrected chi connectivity index (χ1v) is 9.60. The Morgan fingerprint density at radius 2 is 2.03 bits per heavy atom. The maximum Gasteiger partial charge on any atom is 0.338 e. The van der Waals surface area contributed by atoms with Gasteiger partial charge in [-0.2, -0.15) is 4.98 Å². The van der Waals surface area contributed by atoms with Crippen molar-refractivity contribution in [2.24, 2.45) is 0 Å². The highest BCUT2D eigenvalue weighted by atomic mass is 35.5. The Labute approximate surface area is 172 Å². The van der Waals surface area contributed by atoms with Crippen LogP contribution in [0.3, 0.4) is 0 Å². The maximum absolute atomic E-state index is 12.6. The van der Waals surface area contributed by atoms with Gasteiger partial charge in [-0.15, -0.1) is 0 Å². The molecule has 1 aliphatic rings. The van der Waals surface area contributed by atoms with E-state index in [1.165, 1.54) is 0 Å². The fourth-order valence-electron chi connectivity index (χ4n) is 3.13. The molecule has 0 aliphatic carbocycles. The summed E-state index contributed by atoms with van der Waals surface area (Å²) in [6, 6.07) is 14.1. The molecule has 0 N–H and O–H groups in total. The minimum absolute atomic E-state index is 0.00918. The molecule has 29 heavy (non-hydrogen) atoms. The van der Waals surface area contributed by atoms with E-state index >= 15 is 0 Å². The smallest absolute Gasteiger partial charge is 0.338 e. The standard InChI is InChI=1S/C21H18ClN3O4/c1-13(20-23-19(24-29-20)14-6-3-2-4-7-14)28-21(27)15-9-10-16(22)17(12-15)25-11-5-8-18(25)26/h2-4,6-7,9-10,12-13H,5,8,11H2,1H3/t13-/m0/s1. The molecule has 1 aromatic heterocycles. The van der Waals surface area contributed by atoms with Gasteiger partial charge in [-0.1, -0.05) is 47.1 Å². The molecule has 0 saturated carbocycles. The number of hydrogen-bond donors (Lipinski definition) is 0. The van der Waals surface area contributed by atoms with Gasteiger partial charge in [-0.3, -0.25) is 4.79 Å². The predicted octanol–water partition coefficient (Wildman–Crippen LogP) is 4.43. The number of aromatic nitrogens is 2. The van der Waals surface area contributed by atoms with Gasteiger partial charge in [0.15, 0.2) is 6.10 Å². The summed E-state index contributed by atoms with van der Waals surface area (Å²) in [4.78, 5) is 30.5. The number of rotatable bonds is 5. The highest BCUT2D eigenvalue weighted by Crippen LogP contribution is 2.31. The topological polar surface area (TPSA) is 85.5 Å². The Balaban J connectivity index is 1.49. The van der Waals surface area contributed by atoms with Crippen molar-refractivity contribution in [2.75, 3.05) is 11.4 Å². The second-order valence-electron chi connectivity index (χ2n) is 6.68. The largest absolute Gasteiger partial charge is 0.449 e. The van der Waals surface area contributed by atoms with Gasteiger partial charge in [-0.05, 0) is 31.5 Å². The minimum atomic E-state index is -0.736. The summed E-state index contributed by atoms with van der Waals surface area (Å²) in [5, 5.41) is 4.35. The van der Waals surface area contributed by atoms with E-state index < -0.39 is 12.1 Å². The third-order valence-electron chi connectivity index (χ3n) is 4.65. The Morgan fingerprint density at radius 3 is 2.76 bits per heavy atom. The highest BCUT2D eigenvalue weighted by Gasteiger charge is 2.26. The predicted molar refractivity (Wildman–Crippen MR) is 107 cm³/mol. The number of nitrogens with zero attached hydrogens (tertiary/aromatic N) is 3. The summed E-state index contributed by atoms with van der Waals surface area (Å²) in [6.45, 7) is 2.23. The zero-order valence-electron chi connectivity index (χ0n) is 15.7. The Morgan fingerprint density at radius 1 is 1.24 bits per heavy atom. The maximum atomic E-state index is 12.6. The first kappa shape index (κ1) is 19.1. The van der Waals surface area contributed by atoms with Crippen molar-refractivity contribution < 1.29 is 18.8 Å². The second-order valence-corrected chi connectivity index (χ2v) is 7.09. The third-order valence-corrected chi connectivity index (χ3v) is 4.97. The number of carbonyl (C=O) groups excluding carboxylic acids is 2. The lowest BCUT2D eigenvalue weighted by Gasteiger charge is -2.18. The van der Waals surface area contributed by atoms with Crippen LogP contribution in [0.4, 0.5) is 5.69 Å². The number of hydrogen-bond acceptors (Lipinski definition) is 6. The number of anilines is 1. The molecule has 2 aromatic carbocycles. The molecule has 1 aliphatic heterocycles. The average molecular weight is 412 g/mol. The lowest BCUT2D eigenvalue weighted by Crippen LogP contribution is -2.24. The summed E-state index contributed by atoms with van der Waals surface area (Å²) in [5.41, 5.74) is 1.61. The van der Waals surface area contributed by atoms with Gasteiger partial charge >= 0.3 is 5.97 Å². The zero-order chi connectivity index (χ0) is 20.4. The number of amides is 1. The van der Waals surface area contributed by atoms with Crippen molar-refractivity contribution in [2.45, 2.75) is 25.9 Å². The Kier molecular flexibility index (Phi) is 5.31. The molecule has 3 aromatic rings. The van der Waals surface area contributed by atoms with Crippen LogP contribution in [0.25, 0.3) is 11.4 Å². The van der Waals surface area contributed by atoms with Crippen molar-refractivity contribution in [3.63, 3.8) is 0 Å². The van der Waals surface area contributed by atoms with E-state index in [1.807, 2.05) is 30.3 Å². The van der Waals surface area contributed by atoms with Crippen LogP contribution in [0.5, 0.6) is 0 Å². The molecule has 1 saturated heterocycles. The molecule has 4 rings (SSSR count). The van der Waals surface area contributed by atoms with Gasteiger partial charge in [0, 0.05) is 18.5 Å². The summed E-state index contributed by atoms with van der Waals surface area (Å²) >= 11 is 6.23. The van der Waals surface area contributed by atoms with Gasteiger partial charge in [0.2, 0.25) is 11.7 Å². The van der Waals surface area contributed by atoms with Crippen LogP contribution in [0, 0.1) is 0 Å². The highest BCUT2D eigenvalue weighted by molar-refractivity contribution is 6.34. The average Bonchev–Trinajstić information content (AvgIpc) is 3.38. The Bertz CT molecular complexity index is 1050. The molecular weight excluding hydrogens is 394 g/mol. The van der Waals surface area contributed by atoms with Crippen LogP contribution in [0.15, 0.2) is 53.1 Å². The van der Waals surface area contributed by atoms with Crippen LogP contribution in [-0.2, 0) is 9.53 Å². The van der Waals surface area contributed by atoms with Crippen molar-refractivity contribution >= 4 is 29.2 Å². The van der Waals surface area contributed by atoms with E-state index in [-0.39, 0.29) is 11.8 Å². The number of ether oxygens (including phenoxy) is 1. The molecule has 0 bridgehead atoms. The van der Waals surface area contributed by atoms with Gasteiger partial charge < -0.3 is 14.2 Å². The van der Waals surface area contributed by atoms with E-state index in [4.69, 9.17) is 20.9 Å². The minimum Gasteiger partial charge on any atom is -0.449 e. The van der Waals surface area contributed by atoms with E-state index in [2.05, 4.69) is 10.1 Å². The van der Waals surface area contributed by atoms with Gasteiger partial charge in [-0.25, -0.2) is 4.79 Å². The lowest BCUT2D eigenvalue weighted by molar-refractivity contribution is -0.117. The number of halogens is 1. The molecule has 0 unspecified atom stereocenters. The summed E-state index contributed by atoms with van der Waals surface area (Å²) in [6.07, 6.45) is 0.505. The first-order valence-electron chi connectivity index (χ1n) is 9.23. The van der Waals surface area contributed by atoms with E-state index in [1.54, 1.807) is 30.0 Å². The molecule has 8 heteroatoms. The third kappa shape index (κ3) is 4.00. The fraction of sp³-hybridized carbons (Fsp3) is 0.238. The molecule has 0 spiro atoms. The number of benzene rings is 2.